The predicted octanol–water partition coefficient (Wildman–Crippen LogP) is 1.64. The van der Waals surface area contributed by atoms with Gasteiger partial charge in [0.2, 0.25) is 6.29 Å². The zero-order valence-corrected chi connectivity index (χ0v) is 11.7. The van der Waals surface area contributed by atoms with Crippen LogP contribution >= 0.6 is 0 Å². The minimum absolute atomic E-state index is 0.0195. The highest BCUT2D eigenvalue weighted by molar-refractivity contribution is 6.02. The highest BCUT2D eigenvalue weighted by Crippen LogP contribution is 2.64. The summed E-state index contributed by atoms with van der Waals surface area (Å²) < 4.78 is 16.4. The molecule has 2 saturated carbocycles. The maximum atomic E-state index is 12.6. The van der Waals surface area contributed by atoms with Gasteiger partial charge in [-0.2, -0.15) is 0 Å². The highest BCUT2D eigenvalue weighted by Gasteiger charge is 2.73. The molecule has 110 valence electrons. The Hall–Kier alpha value is -1.10. The summed E-state index contributed by atoms with van der Waals surface area (Å²) >= 11 is 0. The lowest BCUT2D eigenvalue weighted by Gasteiger charge is -2.31. The number of esters is 2. The summed E-state index contributed by atoms with van der Waals surface area (Å²) in [5.41, 5.74) is -1.03. The van der Waals surface area contributed by atoms with Crippen molar-refractivity contribution in [3.63, 3.8) is 0 Å². The largest absolute Gasteiger partial charge is 0.461 e. The molecule has 4 fully saturated rings. The van der Waals surface area contributed by atoms with Gasteiger partial charge in [0.25, 0.3) is 0 Å². The average molecular weight is 280 g/mol. The molecule has 2 bridgehead atoms. The van der Waals surface area contributed by atoms with E-state index in [0.29, 0.717) is 24.9 Å². The summed E-state index contributed by atoms with van der Waals surface area (Å²) in [4.78, 5) is 24.9. The Balaban J connectivity index is 1.55. The van der Waals surface area contributed by atoms with Gasteiger partial charge < -0.3 is 14.2 Å². The summed E-state index contributed by atoms with van der Waals surface area (Å²) in [7, 11) is 0. The smallest absolute Gasteiger partial charge is 0.326 e. The molecule has 5 heteroatoms. The molecular formula is C15H20O5. The first kappa shape index (κ1) is 12.6. The molecule has 5 nitrogen and oxygen atoms in total. The first-order valence-corrected chi connectivity index (χ1v) is 7.66. The van der Waals surface area contributed by atoms with E-state index >= 15 is 0 Å². The predicted molar refractivity (Wildman–Crippen MR) is 67.4 cm³/mol. The fourth-order valence-electron chi connectivity index (χ4n) is 4.63. The fourth-order valence-corrected chi connectivity index (χ4v) is 4.63. The first-order chi connectivity index (χ1) is 9.63. The molecule has 2 heterocycles. The Bertz CT molecular complexity index is 455. The van der Waals surface area contributed by atoms with E-state index < -0.39 is 17.7 Å². The molecule has 4 rings (SSSR count). The van der Waals surface area contributed by atoms with Crippen molar-refractivity contribution in [2.45, 2.75) is 51.4 Å². The second kappa shape index (κ2) is 4.20. The summed E-state index contributed by atoms with van der Waals surface area (Å²) in [5.74, 6) is 0.0390. The van der Waals surface area contributed by atoms with Gasteiger partial charge in [-0.05, 0) is 37.5 Å². The Morgan fingerprint density at radius 3 is 2.95 bits per heavy atom. The number of carbonyl (C=O) groups excluding carboxylic acids is 2. The van der Waals surface area contributed by atoms with E-state index in [-0.39, 0.29) is 18.0 Å². The molecule has 0 radical (unpaired) electrons. The number of hydrogen-bond donors (Lipinski definition) is 0. The summed E-state index contributed by atoms with van der Waals surface area (Å²) in [6.45, 7) is 2.74. The molecular weight excluding hydrogens is 260 g/mol. The molecule has 2 aliphatic heterocycles. The third-order valence-corrected chi connectivity index (χ3v) is 5.78. The van der Waals surface area contributed by atoms with Gasteiger partial charge in [0, 0.05) is 12.3 Å². The summed E-state index contributed by atoms with van der Waals surface area (Å²) in [6, 6.07) is 0. The van der Waals surface area contributed by atoms with Crippen molar-refractivity contribution < 1.29 is 23.8 Å². The molecule has 0 aromatic rings. The quantitative estimate of drug-likeness (QED) is 0.568. The van der Waals surface area contributed by atoms with Crippen LogP contribution < -0.4 is 0 Å². The molecule has 0 N–H and O–H groups in total. The maximum absolute atomic E-state index is 12.6. The Morgan fingerprint density at radius 1 is 1.40 bits per heavy atom. The van der Waals surface area contributed by atoms with E-state index in [1.54, 1.807) is 0 Å². The number of hydrogen-bond acceptors (Lipinski definition) is 5. The van der Waals surface area contributed by atoms with Crippen LogP contribution in [0.5, 0.6) is 0 Å². The van der Waals surface area contributed by atoms with Crippen molar-refractivity contribution in [3.05, 3.63) is 0 Å². The van der Waals surface area contributed by atoms with Gasteiger partial charge in [-0.15, -0.1) is 0 Å². The number of ether oxygens (including phenoxy) is 3. The lowest BCUT2D eigenvalue weighted by molar-refractivity contribution is -0.199. The number of fused-ring (bicyclic) bond motifs is 1. The van der Waals surface area contributed by atoms with Crippen LogP contribution in [0, 0.1) is 23.2 Å². The Kier molecular flexibility index (Phi) is 2.65. The number of rotatable bonds is 2. The van der Waals surface area contributed by atoms with Crippen LogP contribution in [-0.4, -0.2) is 30.9 Å². The zero-order valence-electron chi connectivity index (χ0n) is 11.7. The second-order valence-corrected chi connectivity index (χ2v) is 6.71. The Morgan fingerprint density at radius 2 is 2.25 bits per heavy atom. The van der Waals surface area contributed by atoms with Crippen molar-refractivity contribution >= 4 is 11.9 Å². The fraction of sp³-hybridized carbons (Fsp3) is 0.867. The third-order valence-electron chi connectivity index (χ3n) is 5.78. The monoisotopic (exact) mass is 280 g/mol. The van der Waals surface area contributed by atoms with E-state index in [9.17, 15) is 9.59 Å². The van der Waals surface area contributed by atoms with E-state index in [2.05, 4.69) is 6.92 Å². The van der Waals surface area contributed by atoms with E-state index in [0.717, 1.165) is 25.7 Å². The van der Waals surface area contributed by atoms with Crippen LogP contribution in [0.25, 0.3) is 0 Å². The molecule has 20 heavy (non-hydrogen) atoms. The molecule has 0 aromatic carbocycles. The van der Waals surface area contributed by atoms with Gasteiger partial charge in [-0.1, -0.05) is 6.92 Å². The van der Waals surface area contributed by atoms with Crippen LogP contribution in [0.4, 0.5) is 0 Å². The van der Waals surface area contributed by atoms with Crippen LogP contribution in [0.1, 0.15) is 39.0 Å². The normalized spacial score (nSPS) is 49.2. The van der Waals surface area contributed by atoms with Gasteiger partial charge in [-0.25, -0.2) is 0 Å². The van der Waals surface area contributed by atoms with Crippen LogP contribution in [-0.2, 0) is 23.8 Å². The highest BCUT2D eigenvalue weighted by atomic mass is 16.7. The first-order valence-electron chi connectivity index (χ1n) is 7.66. The lowest BCUT2D eigenvalue weighted by Crippen LogP contribution is -2.44. The van der Waals surface area contributed by atoms with E-state index in [1.165, 1.54) is 0 Å². The minimum Gasteiger partial charge on any atom is -0.461 e. The van der Waals surface area contributed by atoms with Crippen molar-refractivity contribution in [1.82, 2.24) is 0 Å². The minimum atomic E-state index is -1.03. The SMILES string of the molecule is CC1C2CC3C1OC(=O)C3(C(=O)OC1CCCCO1)C2. The van der Waals surface area contributed by atoms with Crippen molar-refractivity contribution in [2.24, 2.45) is 23.2 Å². The van der Waals surface area contributed by atoms with Crippen molar-refractivity contribution in [2.75, 3.05) is 6.61 Å². The maximum Gasteiger partial charge on any atom is 0.326 e. The molecule has 0 aromatic heterocycles. The van der Waals surface area contributed by atoms with E-state index in [4.69, 9.17) is 14.2 Å². The Labute approximate surface area is 117 Å². The van der Waals surface area contributed by atoms with Gasteiger partial charge in [0.15, 0.2) is 5.41 Å². The molecule has 4 aliphatic rings. The summed E-state index contributed by atoms with van der Waals surface area (Å²) in [6.07, 6.45) is 3.69. The van der Waals surface area contributed by atoms with Crippen LogP contribution in [0.15, 0.2) is 0 Å². The van der Waals surface area contributed by atoms with Gasteiger partial charge in [0.1, 0.15) is 6.10 Å². The van der Waals surface area contributed by atoms with Gasteiger partial charge >= 0.3 is 11.9 Å². The van der Waals surface area contributed by atoms with Crippen molar-refractivity contribution in [1.29, 1.82) is 0 Å². The van der Waals surface area contributed by atoms with Gasteiger partial charge in [0.05, 0.1) is 6.61 Å². The molecule has 2 aliphatic carbocycles. The molecule has 0 amide bonds. The third kappa shape index (κ3) is 1.47. The molecule has 6 unspecified atom stereocenters. The summed E-state index contributed by atoms with van der Waals surface area (Å²) in [5, 5.41) is 0. The molecule has 0 spiro atoms. The lowest BCUT2D eigenvalue weighted by atomic mass is 9.71. The average Bonchev–Trinajstić information content (AvgIpc) is 3.03. The van der Waals surface area contributed by atoms with Crippen LogP contribution in [0.2, 0.25) is 0 Å². The molecule has 2 saturated heterocycles. The molecule has 6 atom stereocenters. The second-order valence-electron chi connectivity index (χ2n) is 6.71. The van der Waals surface area contributed by atoms with Gasteiger partial charge in [-0.3, -0.25) is 9.59 Å². The standard InChI is InChI=1S/C15H20O5/c1-8-9-6-10-12(8)20-14(17)15(10,7-9)13(16)19-11-4-2-3-5-18-11/h8-12H,2-7H2,1H3. The van der Waals surface area contributed by atoms with Crippen LogP contribution in [0.3, 0.4) is 0 Å². The van der Waals surface area contributed by atoms with Crippen molar-refractivity contribution in [3.8, 4) is 0 Å². The number of carbonyl (C=O) groups is 2. The topological polar surface area (TPSA) is 61.8 Å². The van der Waals surface area contributed by atoms with E-state index in [1.807, 2.05) is 0 Å². The zero-order chi connectivity index (χ0) is 13.9.